The molecule has 2 aliphatic rings. The fraction of sp³-hybridized carbons (Fsp3) is 0.308. The number of benzene rings is 2. The van der Waals surface area contributed by atoms with Gasteiger partial charge in [0.2, 0.25) is 11.8 Å². The largest absolute Gasteiger partial charge is 0.490 e. The van der Waals surface area contributed by atoms with Crippen LogP contribution in [0, 0.1) is 5.92 Å². The zero-order valence-corrected chi connectivity index (χ0v) is 21.7. The van der Waals surface area contributed by atoms with Crippen molar-refractivity contribution in [3.05, 3.63) is 68.6 Å². The lowest BCUT2D eigenvalue weighted by atomic mass is 9.83. The summed E-state index contributed by atoms with van der Waals surface area (Å²) < 4.78 is 16.4. The Kier molecular flexibility index (Phi) is 7.07. The number of imide groups is 1. The van der Waals surface area contributed by atoms with Crippen molar-refractivity contribution in [3.8, 4) is 11.5 Å². The van der Waals surface area contributed by atoms with E-state index in [-0.39, 0.29) is 29.9 Å². The second-order valence-corrected chi connectivity index (χ2v) is 10.5. The van der Waals surface area contributed by atoms with Gasteiger partial charge in [-0.3, -0.25) is 14.4 Å². The van der Waals surface area contributed by atoms with Crippen molar-refractivity contribution in [3.63, 3.8) is 0 Å². The quantitative estimate of drug-likeness (QED) is 0.341. The minimum absolute atomic E-state index is 0.246. The van der Waals surface area contributed by atoms with Gasteiger partial charge in [0.1, 0.15) is 5.25 Å². The number of nitrogens with zero attached hydrogens (tertiary/aromatic N) is 1. The highest BCUT2D eigenvalue weighted by atomic mass is 32.2. The van der Waals surface area contributed by atoms with Crippen LogP contribution in [-0.4, -0.2) is 47.8 Å². The van der Waals surface area contributed by atoms with E-state index < -0.39 is 23.1 Å². The van der Waals surface area contributed by atoms with E-state index in [2.05, 4.69) is 4.98 Å². The summed E-state index contributed by atoms with van der Waals surface area (Å²) in [5.74, 6) is -1.65. The number of rotatable bonds is 8. The number of aromatic amines is 1. The molecular formula is C26H24N2O7S2. The molecule has 2 amide bonds. The Morgan fingerprint density at radius 1 is 0.973 bits per heavy atom. The lowest BCUT2D eigenvalue weighted by Gasteiger charge is -2.30. The summed E-state index contributed by atoms with van der Waals surface area (Å²) in [6.45, 7) is 3.85. The van der Waals surface area contributed by atoms with Crippen molar-refractivity contribution >= 4 is 46.6 Å². The van der Waals surface area contributed by atoms with Crippen molar-refractivity contribution in [2.45, 2.75) is 30.0 Å². The molecule has 1 N–H and O–H groups in total. The number of nitrogens with one attached hydrogen (secondary N) is 1. The van der Waals surface area contributed by atoms with Crippen molar-refractivity contribution < 1.29 is 28.6 Å². The third kappa shape index (κ3) is 4.64. The third-order valence-corrected chi connectivity index (χ3v) is 8.52. The highest BCUT2D eigenvalue weighted by Gasteiger charge is 2.56. The predicted octanol–water partition coefficient (Wildman–Crippen LogP) is 3.57. The van der Waals surface area contributed by atoms with E-state index in [0.717, 1.165) is 11.3 Å². The summed E-state index contributed by atoms with van der Waals surface area (Å²) >= 11 is 2.26. The number of fused-ring (bicyclic) bond motifs is 2. The van der Waals surface area contributed by atoms with Gasteiger partial charge in [0.15, 0.2) is 18.1 Å². The van der Waals surface area contributed by atoms with Crippen LogP contribution in [0.3, 0.4) is 0 Å². The Balaban J connectivity index is 1.55. The maximum atomic E-state index is 13.8. The van der Waals surface area contributed by atoms with Gasteiger partial charge in [-0.15, -0.1) is 0 Å². The third-order valence-electron chi connectivity index (χ3n) is 6.12. The topological polar surface area (TPSA) is 115 Å². The number of esters is 1. The molecule has 3 aromatic rings. The molecule has 5 rings (SSSR count). The molecule has 1 aromatic heterocycles. The summed E-state index contributed by atoms with van der Waals surface area (Å²) in [7, 11) is 0. The van der Waals surface area contributed by atoms with Crippen molar-refractivity contribution in [2.24, 2.45) is 5.92 Å². The normalized spacial score (nSPS) is 20.4. The van der Waals surface area contributed by atoms with Crippen LogP contribution >= 0.6 is 23.1 Å². The number of hydrogen-bond acceptors (Lipinski definition) is 9. The lowest BCUT2D eigenvalue weighted by molar-refractivity contribution is -0.145. The average molecular weight is 541 g/mol. The molecule has 1 fully saturated rings. The van der Waals surface area contributed by atoms with Crippen LogP contribution in [0.15, 0.2) is 58.4 Å². The van der Waals surface area contributed by atoms with Crippen molar-refractivity contribution in [2.75, 3.05) is 24.7 Å². The minimum Gasteiger partial charge on any atom is -0.490 e. The van der Waals surface area contributed by atoms with Gasteiger partial charge in [0, 0.05) is 10.8 Å². The molecule has 0 saturated carbocycles. The number of aromatic nitrogens is 1. The summed E-state index contributed by atoms with van der Waals surface area (Å²) in [5, 5.41) is -0.0938. The van der Waals surface area contributed by atoms with Gasteiger partial charge < -0.3 is 19.2 Å². The highest BCUT2D eigenvalue weighted by molar-refractivity contribution is 8.00. The number of thioether (sulfide) groups is 1. The van der Waals surface area contributed by atoms with E-state index in [0.29, 0.717) is 39.3 Å². The Morgan fingerprint density at radius 3 is 2.49 bits per heavy atom. The van der Waals surface area contributed by atoms with Gasteiger partial charge in [0.25, 0.3) is 0 Å². The number of anilines is 1. The van der Waals surface area contributed by atoms with Gasteiger partial charge in [-0.05, 0) is 43.7 Å². The molecule has 2 unspecified atom stereocenters. The first kappa shape index (κ1) is 25.1. The molecule has 1 saturated heterocycles. The molecule has 0 radical (unpaired) electrons. The Hall–Kier alpha value is -3.57. The number of thiazole rings is 1. The molecule has 0 spiro atoms. The van der Waals surface area contributed by atoms with Crippen LogP contribution in [-0.2, 0) is 19.1 Å². The van der Waals surface area contributed by atoms with Gasteiger partial charge in [-0.1, -0.05) is 47.4 Å². The maximum Gasteiger partial charge on any atom is 0.344 e. The van der Waals surface area contributed by atoms with Crippen LogP contribution in [0.25, 0.3) is 0 Å². The second kappa shape index (κ2) is 10.4. The predicted molar refractivity (Wildman–Crippen MR) is 139 cm³/mol. The fourth-order valence-electron chi connectivity index (χ4n) is 4.65. The van der Waals surface area contributed by atoms with Crippen LogP contribution in [0.5, 0.6) is 11.5 Å². The number of carbonyl (C=O) groups is 3. The number of para-hydroxylation sites is 1. The van der Waals surface area contributed by atoms with Crippen LogP contribution in [0.2, 0.25) is 0 Å². The molecule has 3 heterocycles. The molecule has 2 aromatic carbocycles. The van der Waals surface area contributed by atoms with Gasteiger partial charge in [-0.25, -0.2) is 9.69 Å². The SMILES string of the molecule is CCOC(=O)COc1ccc([C@H]2c3sc(=O)[nH]c3SC3C(=O)N(c4ccccc4)C(=O)C32)cc1OCC. The first-order chi connectivity index (χ1) is 17.9. The second-order valence-electron chi connectivity index (χ2n) is 8.33. The number of amides is 2. The highest BCUT2D eigenvalue weighted by Crippen LogP contribution is 2.53. The van der Waals surface area contributed by atoms with E-state index in [1.165, 1.54) is 16.7 Å². The Morgan fingerprint density at radius 2 is 1.76 bits per heavy atom. The number of ether oxygens (including phenoxy) is 3. The van der Waals surface area contributed by atoms with Crippen molar-refractivity contribution in [1.82, 2.24) is 4.98 Å². The molecule has 11 heteroatoms. The molecule has 37 heavy (non-hydrogen) atoms. The van der Waals surface area contributed by atoms with Crippen molar-refractivity contribution in [1.29, 1.82) is 0 Å². The zero-order valence-electron chi connectivity index (χ0n) is 20.1. The first-order valence-corrected chi connectivity index (χ1v) is 13.5. The maximum absolute atomic E-state index is 13.8. The lowest BCUT2D eigenvalue weighted by Crippen LogP contribution is -2.32. The average Bonchev–Trinajstić information content (AvgIpc) is 3.38. The minimum atomic E-state index is -0.711. The molecule has 2 aliphatic heterocycles. The molecule has 192 valence electrons. The summed E-state index contributed by atoms with van der Waals surface area (Å²) in [6, 6.07) is 14.0. The number of H-pyrrole nitrogens is 1. The van der Waals surface area contributed by atoms with Crippen LogP contribution in [0.1, 0.15) is 30.2 Å². The van der Waals surface area contributed by atoms with E-state index in [1.807, 2.05) is 13.0 Å². The Labute approximate surface area is 220 Å². The molecule has 9 nitrogen and oxygen atoms in total. The van der Waals surface area contributed by atoms with E-state index in [9.17, 15) is 19.2 Å². The zero-order chi connectivity index (χ0) is 26.1. The summed E-state index contributed by atoms with van der Waals surface area (Å²) in [4.78, 5) is 55.9. The van der Waals surface area contributed by atoms with Gasteiger partial charge >= 0.3 is 10.8 Å². The fourth-order valence-corrected chi connectivity index (χ4v) is 7.17. The van der Waals surface area contributed by atoms with E-state index in [1.54, 1.807) is 49.4 Å². The van der Waals surface area contributed by atoms with Crippen LogP contribution in [0.4, 0.5) is 5.69 Å². The standard InChI is InChI=1S/C26H24N2O7S2/c1-3-33-17-12-14(10-11-16(17)35-13-18(29)34-4-2)19-20-22(36-23-21(19)37-26(32)27-23)25(31)28(24(20)30)15-8-6-5-7-9-15/h5-12,19-20,22H,3-4,13H2,1-2H3,(H,27,32)/t19-,20?,22?/m1/s1. The summed E-state index contributed by atoms with van der Waals surface area (Å²) in [5.41, 5.74) is 1.22. The van der Waals surface area contributed by atoms with E-state index in [4.69, 9.17) is 14.2 Å². The molecule has 0 aliphatic carbocycles. The number of carbonyl (C=O) groups excluding carboxylic acids is 3. The molecular weight excluding hydrogens is 516 g/mol. The molecule has 3 atom stereocenters. The monoisotopic (exact) mass is 540 g/mol. The smallest absolute Gasteiger partial charge is 0.344 e. The van der Waals surface area contributed by atoms with Gasteiger partial charge in [-0.2, -0.15) is 0 Å². The number of hydrogen-bond donors (Lipinski definition) is 1. The first-order valence-electron chi connectivity index (χ1n) is 11.8. The van der Waals surface area contributed by atoms with Gasteiger partial charge in [0.05, 0.1) is 29.8 Å². The Bertz CT molecular complexity index is 1400. The van der Waals surface area contributed by atoms with E-state index >= 15 is 0 Å². The van der Waals surface area contributed by atoms with Crippen LogP contribution < -0.4 is 19.2 Å². The molecule has 0 bridgehead atoms. The summed E-state index contributed by atoms with van der Waals surface area (Å²) in [6.07, 6.45) is 0.